The summed E-state index contributed by atoms with van der Waals surface area (Å²) in [6.45, 7) is 8.16. The van der Waals surface area contributed by atoms with E-state index in [-0.39, 0.29) is 23.9 Å². The van der Waals surface area contributed by atoms with Crippen LogP contribution in [0.3, 0.4) is 0 Å². The summed E-state index contributed by atoms with van der Waals surface area (Å²) >= 11 is 0. The van der Waals surface area contributed by atoms with Gasteiger partial charge in [-0.25, -0.2) is 0 Å². The van der Waals surface area contributed by atoms with Gasteiger partial charge >= 0.3 is 0 Å². The minimum atomic E-state index is 0.0645. The molecule has 2 aromatic carbocycles. The first-order chi connectivity index (χ1) is 12.4. The molecule has 26 heavy (non-hydrogen) atoms. The second-order valence-electron chi connectivity index (χ2n) is 7.40. The predicted octanol–water partition coefficient (Wildman–Crippen LogP) is 4.50. The van der Waals surface area contributed by atoms with Crippen molar-refractivity contribution >= 4 is 17.5 Å². The van der Waals surface area contributed by atoms with Crippen LogP contribution in [0.25, 0.3) is 11.1 Å². The van der Waals surface area contributed by atoms with Crippen LogP contribution < -0.4 is 5.32 Å². The number of aryl methyl sites for hydroxylation is 1. The van der Waals surface area contributed by atoms with Crippen molar-refractivity contribution in [1.82, 2.24) is 4.90 Å². The number of amides is 2. The molecule has 1 heterocycles. The fourth-order valence-corrected chi connectivity index (χ4v) is 3.58. The summed E-state index contributed by atoms with van der Waals surface area (Å²) in [6, 6.07) is 14.2. The molecule has 0 unspecified atom stereocenters. The van der Waals surface area contributed by atoms with E-state index in [9.17, 15) is 9.59 Å². The number of fused-ring (bicyclic) bond motifs is 1. The molecular weight excluding hydrogens is 324 g/mol. The van der Waals surface area contributed by atoms with Gasteiger partial charge in [-0.15, -0.1) is 0 Å². The molecule has 4 nitrogen and oxygen atoms in total. The van der Waals surface area contributed by atoms with E-state index in [1.165, 1.54) is 0 Å². The third-order valence-corrected chi connectivity index (χ3v) is 4.81. The van der Waals surface area contributed by atoms with Gasteiger partial charge in [-0.05, 0) is 75.1 Å². The number of anilines is 1. The van der Waals surface area contributed by atoms with Gasteiger partial charge < -0.3 is 10.2 Å². The molecule has 2 amide bonds. The number of benzene rings is 2. The van der Waals surface area contributed by atoms with E-state index < -0.39 is 0 Å². The molecule has 0 atom stereocenters. The topological polar surface area (TPSA) is 49.4 Å². The maximum absolute atomic E-state index is 12.8. The highest BCUT2D eigenvalue weighted by molar-refractivity contribution is 5.96. The quantitative estimate of drug-likeness (QED) is 0.883. The Kier molecular flexibility index (Phi) is 5.12. The molecule has 4 heteroatoms. The van der Waals surface area contributed by atoms with Gasteiger partial charge in [0.25, 0.3) is 5.91 Å². The van der Waals surface area contributed by atoms with E-state index in [1.807, 2.05) is 69.0 Å². The molecule has 0 bridgehead atoms. The zero-order chi connectivity index (χ0) is 18.8. The third kappa shape index (κ3) is 3.64. The molecule has 136 valence electrons. The largest absolute Gasteiger partial charge is 0.334 e. The summed E-state index contributed by atoms with van der Waals surface area (Å²) in [5, 5.41) is 2.91. The predicted molar refractivity (Wildman–Crippen MR) is 105 cm³/mol. The first kappa shape index (κ1) is 18.2. The van der Waals surface area contributed by atoms with Crippen molar-refractivity contribution in [2.75, 3.05) is 5.32 Å². The fourth-order valence-electron chi connectivity index (χ4n) is 3.58. The zero-order valence-electron chi connectivity index (χ0n) is 15.9. The molecule has 1 aliphatic rings. The summed E-state index contributed by atoms with van der Waals surface area (Å²) in [4.78, 5) is 26.2. The highest BCUT2D eigenvalue weighted by Gasteiger charge is 2.21. The van der Waals surface area contributed by atoms with Crippen molar-refractivity contribution in [3.05, 3.63) is 53.6 Å². The Balaban J connectivity index is 1.84. The van der Waals surface area contributed by atoms with Crippen molar-refractivity contribution in [1.29, 1.82) is 0 Å². The molecule has 0 spiro atoms. The Labute approximate surface area is 155 Å². The fraction of sp³-hybridized carbons (Fsp3) is 0.364. The lowest BCUT2D eigenvalue weighted by molar-refractivity contribution is -0.116. The third-order valence-electron chi connectivity index (χ3n) is 4.81. The minimum Gasteiger partial charge on any atom is -0.334 e. The van der Waals surface area contributed by atoms with Gasteiger partial charge in [0.05, 0.1) is 0 Å². The number of nitrogens with one attached hydrogen (secondary N) is 1. The summed E-state index contributed by atoms with van der Waals surface area (Å²) in [5.74, 6) is 0.141. The monoisotopic (exact) mass is 350 g/mol. The minimum absolute atomic E-state index is 0.0645. The Morgan fingerprint density at radius 2 is 1.54 bits per heavy atom. The second-order valence-corrected chi connectivity index (χ2v) is 7.40. The Morgan fingerprint density at radius 1 is 0.923 bits per heavy atom. The van der Waals surface area contributed by atoms with Crippen molar-refractivity contribution in [3.63, 3.8) is 0 Å². The summed E-state index contributed by atoms with van der Waals surface area (Å²) < 4.78 is 0. The summed E-state index contributed by atoms with van der Waals surface area (Å²) in [6.07, 6.45) is 1.30. The molecule has 0 aromatic heterocycles. The number of rotatable bonds is 4. The Bertz CT molecular complexity index is 815. The van der Waals surface area contributed by atoms with Crippen molar-refractivity contribution in [3.8, 4) is 11.1 Å². The van der Waals surface area contributed by atoms with E-state index in [4.69, 9.17) is 0 Å². The van der Waals surface area contributed by atoms with Crippen molar-refractivity contribution in [2.24, 2.45) is 0 Å². The van der Waals surface area contributed by atoms with Gasteiger partial charge in [0, 0.05) is 29.8 Å². The van der Waals surface area contributed by atoms with E-state index in [1.54, 1.807) is 0 Å². The van der Waals surface area contributed by atoms with Gasteiger partial charge in [-0.1, -0.05) is 18.2 Å². The first-order valence-electron chi connectivity index (χ1n) is 9.22. The van der Waals surface area contributed by atoms with Crippen LogP contribution in [0.15, 0.2) is 42.5 Å². The van der Waals surface area contributed by atoms with Gasteiger partial charge in [-0.3, -0.25) is 9.59 Å². The average Bonchev–Trinajstić information content (AvgIpc) is 2.60. The Hall–Kier alpha value is -2.62. The van der Waals surface area contributed by atoms with Crippen LogP contribution in [0.1, 0.15) is 50.0 Å². The lowest BCUT2D eigenvalue weighted by Gasteiger charge is -2.30. The molecule has 0 saturated carbocycles. The molecule has 1 N–H and O–H groups in total. The zero-order valence-corrected chi connectivity index (χ0v) is 15.9. The number of hydrogen-bond donors (Lipinski definition) is 1. The molecule has 0 radical (unpaired) electrons. The summed E-state index contributed by atoms with van der Waals surface area (Å²) in [5.41, 5.74) is 4.95. The van der Waals surface area contributed by atoms with Gasteiger partial charge in [-0.2, -0.15) is 0 Å². The molecule has 1 aliphatic heterocycles. The standard InChI is InChI=1S/C22H26N2O2/c1-14(2)24(15(3)4)22(26)17-7-5-16(6-8-17)18-9-11-20-19(13-18)10-12-21(25)23-20/h5-9,11,13-15H,10,12H2,1-4H3,(H,23,25). The van der Waals surface area contributed by atoms with Crippen LogP contribution in [0.5, 0.6) is 0 Å². The average molecular weight is 350 g/mol. The number of hydrogen-bond acceptors (Lipinski definition) is 2. The van der Waals surface area contributed by atoms with Gasteiger partial charge in [0.15, 0.2) is 0 Å². The Morgan fingerprint density at radius 3 is 2.15 bits per heavy atom. The van der Waals surface area contributed by atoms with E-state index in [2.05, 4.69) is 11.4 Å². The second kappa shape index (κ2) is 7.32. The van der Waals surface area contributed by atoms with E-state index >= 15 is 0 Å². The molecule has 0 saturated heterocycles. The first-order valence-corrected chi connectivity index (χ1v) is 9.22. The number of carbonyl (C=O) groups is 2. The smallest absolute Gasteiger partial charge is 0.254 e. The lowest BCUT2D eigenvalue weighted by Crippen LogP contribution is -2.42. The molecule has 2 aromatic rings. The number of nitrogens with zero attached hydrogens (tertiary/aromatic N) is 1. The normalized spacial score (nSPS) is 13.5. The van der Waals surface area contributed by atoms with E-state index in [0.717, 1.165) is 28.8 Å². The van der Waals surface area contributed by atoms with Crippen LogP contribution in [-0.2, 0) is 11.2 Å². The van der Waals surface area contributed by atoms with E-state index in [0.29, 0.717) is 12.0 Å². The molecule has 0 fully saturated rings. The molecule has 3 rings (SSSR count). The van der Waals surface area contributed by atoms with Crippen LogP contribution in [0.2, 0.25) is 0 Å². The SMILES string of the molecule is CC(C)N(C(=O)c1ccc(-c2ccc3c(c2)CCC(=O)N3)cc1)C(C)C. The maximum Gasteiger partial charge on any atom is 0.254 e. The van der Waals surface area contributed by atoms with Crippen molar-refractivity contribution < 1.29 is 9.59 Å². The van der Waals surface area contributed by atoms with Crippen LogP contribution in [0, 0.1) is 0 Å². The lowest BCUT2D eigenvalue weighted by atomic mass is 9.96. The summed E-state index contributed by atoms with van der Waals surface area (Å²) in [7, 11) is 0. The van der Waals surface area contributed by atoms with Crippen LogP contribution in [0.4, 0.5) is 5.69 Å². The van der Waals surface area contributed by atoms with Gasteiger partial charge in [0.2, 0.25) is 5.91 Å². The van der Waals surface area contributed by atoms with Crippen LogP contribution in [-0.4, -0.2) is 28.8 Å². The highest BCUT2D eigenvalue weighted by atomic mass is 16.2. The van der Waals surface area contributed by atoms with Gasteiger partial charge in [0.1, 0.15) is 0 Å². The highest BCUT2D eigenvalue weighted by Crippen LogP contribution is 2.29. The number of carbonyl (C=O) groups excluding carboxylic acids is 2. The van der Waals surface area contributed by atoms with Crippen LogP contribution >= 0.6 is 0 Å². The molecular formula is C22H26N2O2. The molecule has 0 aliphatic carbocycles. The van der Waals surface area contributed by atoms with Crippen molar-refractivity contribution in [2.45, 2.75) is 52.6 Å². The maximum atomic E-state index is 12.8.